The largest absolute Gasteiger partial charge is 0.309 e. The number of rotatable bonds is 7. The van der Waals surface area contributed by atoms with Gasteiger partial charge in [0.1, 0.15) is 0 Å². The molecule has 0 amide bonds. The lowest BCUT2D eigenvalue weighted by molar-refractivity contribution is 1.07. The number of hydrogen-bond donors (Lipinski definition) is 0. The molecule has 4 heteroatoms. The van der Waals surface area contributed by atoms with Crippen LogP contribution in [0.25, 0.3) is 95.0 Å². The van der Waals surface area contributed by atoms with E-state index in [-0.39, 0.29) is 24.2 Å². The van der Waals surface area contributed by atoms with Crippen LogP contribution in [0.1, 0.15) is 5.48 Å². The molecule has 2 heterocycles. The number of para-hydroxylation sites is 1. The zero-order chi connectivity index (χ0) is 40.0. The average molecular weight is 707 g/mol. The highest BCUT2D eigenvalue weighted by Gasteiger charge is 2.15. The van der Waals surface area contributed by atoms with Crippen molar-refractivity contribution in [3.8, 4) is 73.2 Å². The molecule has 0 unspecified atom stereocenters. The first kappa shape index (κ1) is 28.1. The van der Waals surface area contributed by atoms with Crippen LogP contribution >= 0.6 is 0 Å². The molecule has 0 radical (unpaired) electrons. The molecule has 4 nitrogen and oxygen atoms in total. The van der Waals surface area contributed by atoms with Gasteiger partial charge in [-0.15, -0.1) is 0 Å². The SMILES string of the molecule is [2H]c1c([2H])c([2H])c2c(c1[2H])c1cc(-c3ccc(-c4ccccc4)cc3)ccc1n2-c1ccc(-c2cccc(-c3nc(-c4ccccc4)nc(-c4ccccc4)n3)c2)cc1. The van der Waals surface area contributed by atoms with Crippen LogP contribution in [0.3, 0.4) is 0 Å². The molecule has 0 spiro atoms. The molecule has 0 saturated heterocycles. The average Bonchev–Trinajstić information content (AvgIpc) is 3.66. The number of benzene rings is 8. The lowest BCUT2D eigenvalue weighted by Gasteiger charge is -2.11. The molecular formula is C51H34N4. The summed E-state index contributed by atoms with van der Waals surface area (Å²) in [6.07, 6.45) is 0. The Bertz CT molecular complexity index is 3110. The third-order valence-corrected chi connectivity index (χ3v) is 10.0. The number of nitrogens with zero attached hydrogens (tertiary/aromatic N) is 4. The second-order valence-electron chi connectivity index (χ2n) is 13.4. The lowest BCUT2D eigenvalue weighted by Crippen LogP contribution is -2.00. The molecule has 0 fully saturated rings. The number of aromatic nitrogens is 4. The summed E-state index contributed by atoms with van der Waals surface area (Å²) >= 11 is 0. The normalized spacial score (nSPS) is 12.3. The predicted molar refractivity (Wildman–Crippen MR) is 227 cm³/mol. The fourth-order valence-electron chi connectivity index (χ4n) is 7.23. The summed E-state index contributed by atoms with van der Waals surface area (Å²) in [7, 11) is 0. The zero-order valence-electron chi connectivity index (χ0n) is 33.6. The van der Waals surface area contributed by atoms with Gasteiger partial charge < -0.3 is 4.57 Å². The molecule has 8 aromatic carbocycles. The van der Waals surface area contributed by atoms with Gasteiger partial charge in [-0.05, 0) is 69.8 Å². The van der Waals surface area contributed by atoms with Gasteiger partial charge in [-0.25, -0.2) is 15.0 Å². The fraction of sp³-hybridized carbons (Fsp3) is 0. The van der Waals surface area contributed by atoms with Crippen molar-refractivity contribution in [1.82, 2.24) is 19.5 Å². The molecule has 0 aliphatic rings. The second kappa shape index (κ2) is 13.8. The minimum Gasteiger partial charge on any atom is -0.309 e. The Balaban J connectivity index is 1.05. The van der Waals surface area contributed by atoms with E-state index in [0.717, 1.165) is 66.7 Å². The van der Waals surface area contributed by atoms with Crippen molar-refractivity contribution in [2.75, 3.05) is 0 Å². The maximum absolute atomic E-state index is 9.07. The van der Waals surface area contributed by atoms with Crippen molar-refractivity contribution in [3.05, 3.63) is 206 Å². The van der Waals surface area contributed by atoms with Crippen molar-refractivity contribution >= 4 is 21.8 Å². The highest BCUT2D eigenvalue weighted by atomic mass is 15.0. The standard InChI is InChI=1S/C51H34N4/c1-4-13-35(14-5-1)36-23-25-37(26-24-36)42-29-32-48-46(34-42)45-21-10-11-22-47(45)55(48)44-30-27-38(28-31-44)41-19-12-20-43(33-41)51-53-49(39-15-6-2-7-16-39)52-50(54-51)40-17-8-3-9-18-40/h1-34H/i10D,11D,21D,22D. The van der Waals surface area contributed by atoms with E-state index in [1.807, 2.05) is 132 Å². The first-order valence-corrected chi connectivity index (χ1v) is 18.2. The summed E-state index contributed by atoms with van der Waals surface area (Å²) in [6.45, 7) is 0. The minimum absolute atomic E-state index is 0.0565. The van der Waals surface area contributed by atoms with Crippen molar-refractivity contribution in [2.24, 2.45) is 0 Å². The minimum atomic E-state index is -0.263. The second-order valence-corrected chi connectivity index (χ2v) is 13.4. The van der Waals surface area contributed by atoms with Gasteiger partial charge in [-0.2, -0.15) is 0 Å². The van der Waals surface area contributed by atoms with E-state index in [2.05, 4.69) is 54.6 Å². The molecule has 0 bridgehead atoms. The van der Waals surface area contributed by atoms with Crippen molar-refractivity contribution < 1.29 is 5.48 Å². The molecule has 0 atom stereocenters. The van der Waals surface area contributed by atoms with Crippen LogP contribution in [0.15, 0.2) is 206 Å². The maximum atomic E-state index is 9.07. The third kappa shape index (κ3) is 6.16. The first-order chi connectivity index (χ1) is 28.9. The van der Waals surface area contributed by atoms with E-state index in [0.29, 0.717) is 28.4 Å². The number of fused-ring (bicyclic) bond motifs is 3. The Hall–Kier alpha value is -7.43. The summed E-state index contributed by atoms with van der Waals surface area (Å²) in [5.41, 5.74) is 10.9. The Morgan fingerprint density at radius 2 is 0.764 bits per heavy atom. The quantitative estimate of drug-likeness (QED) is 0.166. The Morgan fingerprint density at radius 1 is 0.327 bits per heavy atom. The molecular weight excluding hydrogens is 669 g/mol. The molecule has 0 aliphatic carbocycles. The summed E-state index contributed by atoms with van der Waals surface area (Å²) < 4.78 is 37.2. The van der Waals surface area contributed by atoms with Gasteiger partial charge in [0.05, 0.1) is 16.5 Å². The van der Waals surface area contributed by atoms with Gasteiger partial charge in [0.15, 0.2) is 17.5 Å². The summed E-state index contributed by atoms with van der Waals surface area (Å²) in [6, 6.07) is 60.2. The number of hydrogen-bond acceptors (Lipinski definition) is 3. The summed E-state index contributed by atoms with van der Waals surface area (Å²) in [5, 5.41) is 1.25. The third-order valence-electron chi connectivity index (χ3n) is 10.0. The highest BCUT2D eigenvalue weighted by molar-refractivity contribution is 6.10. The molecule has 258 valence electrons. The van der Waals surface area contributed by atoms with Crippen LogP contribution in [0.5, 0.6) is 0 Å². The smallest absolute Gasteiger partial charge is 0.164 e. The van der Waals surface area contributed by atoms with E-state index < -0.39 is 0 Å². The molecule has 0 saturated carbocycles. The fourth-order valence-corrected chi connectivity index (χ4v) is 7.23. The van der Waals surface area contributed by atoms with Gasteiger partial charge in [-0.1, -0.05) is 170 Å². The Morgan fingerprint density at radius 3 is 1.38 bits per heavy atom. The van der Waals surface area contributed by atoms with Crippen molar-refractivity contribution in [1.29, 1.82) is 0 Å². The molecule has 0 aliphatic heterocycles. The van der Waals surface area contributed by atoms with Crippen molar-refractivity contribution in [3.63, 3.8) is 0 Å². The monoisotopic (exact) mass is 706 g/mol. The predicted octanol–water partition coefficient (Wildman–Crippen LogP) is 13.0. The zero-order valence-corrected chi connectivity index (χ0v) is 29.6. The molecule has 10 aromatic rings. The van der Waals surface area contributed by atoms with Crippen LogP contribution < -0.4 is 0 Å². The van der Waals surface area contributed by atoms with Gasteiger partial charge in [0.25, 0.3) is 0 Å². The van der Waals surface area contributed by atoms with E-state index in [1.165, 1.54) is 0 Å². The first-order valence-electron chi connectivity index (χ1n) is 20.2. The van der Waals surface area contributed by atoms with Crippen LogP contribution in [0.2, 0.25) is 0 Å². The van der Waals surface area contributed by atoms with Gasteiger partial charge in [-0.3, -0.25) is 0 Å². The van der Waals surface area contributed by atoms with E-state index in [9.17, 15) is 0 Å². The maximum Gasteiger partial charge on any atom is 0.164 e. The van der Waals surface area contributed by atoms with E-state index >= 15 is 0 Å². The van der Waals surface area contributed by atoms with Crippen LogP contribution in [0, 0.1) is 0 Å². The van der Waals surface area contributed by atoms with Crippen LogP contribution in [0.4, 0.5) is 0 Å². The Labute approximate surface area is 325 Å². The van der Waals surface area contributed by atoms with Crippen LogP contribution in [-0.2, 0) is 0 Å². The van der Waals surface area contributed by atoms with E-state index in [4.69, 9.17) is 20.4 Å². The summed E-state index contributed by atoms with van der Waals surface area (Å²) in [4.78, 5) is 14.7. The van der Waals surface area contributed by atoms with Crippen LogP contribution in [-0.4, -0.2) is 19.5 Å². The molecule has 2 aromatic heterocycles. The van der Waals surface area contributed by atoms with Gasteiger partial charge in [0, 0.05) is 33.2 Å². The van der Waals surface area contributed by atoms with Crippen molar-refractivity contribution in [2.45, 2.75) is 0 Å². The lowest BCUT2D eigenvalue weighted by atomic mass is 9.99. The summed E-state index contributed by atoms with van der Waals surface area (Å²) in [5.74, 6) is 1.77. The highest BCUT2D eigenvalue weighted by Crippen LogP contribution is 2.36. The van der Waals surface area contributed by atoms with Gasteiger partial charge >= 0.3 is 0 Å². The Kier molecular flexibility index (Phi) is 7.08. The molecule has 10 rings (SSSR count). The topological polar surface area (TPSA) is 43.6 Å². The molecule has 55 heavy (non-hydrogen) atoms. The van der Waals surface area contributed by atoms with Gasteiger partial charge in [0.2, 0.25) is 0 Å². The molecule has 0 N–H and O–H groups in total. The van der Waals surface area contributed by atoms with E-state index in [1.54, 1.807) is 0 Å².